The summed E-state index contributed by atoms with van der Waals surface area (Å²) in [5.74, 6) is 1.67. The van der Waals surface area contributed by atoms with Crippen LogP contribution in [-0.4, -0.2) is 31.5 Å². The molecule has 5 heteroatoms. The van der Waals surface area contributed by atoms with Gasteiger partial charge in [-0.05, 0) is 24.3 Å². The fourth-order valence-corrected chi connectivity index (χ4v) is 1.98. The topological polar surface area (TPSA) is 54.6 Å². The predicted octanol–water partition coefficient (Wildman–Crippen LogP) is 2.70. The van der Waals surface area contributed by atoms with E-state index in [1.807, 2.05) is 36.4 Å². The van der Waals surface area contributed by atoms with Gasteiger partial charge in [0, 0.05) is 17.1 Å². The van der Waals surface area contributed by atoms with Crippen molar-refractivity contribution in [3.8, 4) is 11.3 Å². The molecule has 0 aliphatic rings. The minimum Gasteiger partial charge on any atom is -0.460 e. The number of rotatable bonds is 8. The van der Waals surface area contributed by atoms with Gasteiger partial charge in [-0.1, -0.05) is 23.7 Å². The van der Waals surface area contributed by atoms with Gasteiger partial charge < -0.3 is 19.6 Å². The van der Waals surface area contributed by atoms with Crippen molar-refractivity contribution in [2.24, 2.45) is 0 Å². The molecule has 108 valence electrons. The van der Waals surface area contributed by atoms with Crippen LogP contribution in [0.1, 0.15) is 5.76 Å². The highest BCUT2D eigenvalue weighted by atomic mass is 35.5. The van der Waals surface area contributed by atoms with Gasteiger partial charge in [-0.25, -0.2) is 0 Å². The summed E-state index contributed by atoms with van der Waals surface area (Å²) in [6, 6.07) is 11.5. The molecule has 0 unspecified atom stereocenters. The number of ether oxygens (including phenoxy) is 1. The van der Waals surface area contributed by atoms with Crippen molar-refractivity contribution in [2.45, 2.75) is 6.54 Å². The maximum Gasteiger partial charge on any atom is 0.134 e. The van der Waals surface area contributed by atoms with Crippen LogP contribution < -0.4 is 5.32 Å². The summed E-state index contributed by atoms with van der Waals surface area (Å²) in [4.78, 5) is 0. The van der Waals surface area contributed by atoms with Crippen molar-refractivity contribution < 1.29 is 14.3 Å². The van der Waals surface area contributed by atoms with Crippen LogP contribution in [-0.2, 0) is 11.3 Å². The van der Waals surface area contributed by atoms with E-state index >= 15 is 0 Å². The fourth-order valence-electron chi connectivity index (χ4n) is 1.79. The Labute approximate surface area is 123 Å². The van der Waals surface area contributed by atoms with E-state index in [9.17, 15) is 0 Å². The van der Waals surface area contributed by atoms with Gasteiger partial charge in [-0.15, -0.1) is 0 Å². The van der Waals surface area contributed by atoms with Crippen molar-refractivity contribution in [2.75, 3.05) is 26.4 Å². The van der Waals surface area contributed by atoms with Crippen LogP contribution in [0.15, 0.2) is 40.8 Å². The predicted molar refractivity (Wildman–Crippen MR) is 78.8 cm³/mol. The quantitative estimate of drug-likeness (QED) is 0.735. The summed E-state index contributed by atoms with van der Waals surface area (Å²) in [7, 11) is 0. The van der Waals surface area contributed by atoms with Crippen LogP contribution in [0, 0.1) is 0 Å². The van der Waals surface area contributed by atoms with Gasteiger partial charge in [-0.2, -0.15) is 0 Å². The molecule has 0 atom stereocenters. The number of aliphatic hydroxyl groups excluding tert-OH is 1. The second kappa shape index (κ2) is 8.07. The third-order valence-corrected chi connectivity index (χ3v) is 2.96. The van der Waals surface area contributed by atoms with Gasteiger partial charge in [0.15, 0.2) is 0 Å². The molecular weight excluding hydrogens is 278 g/mol. The molecule has 0 aliphatic carbocycles. The molecule has 1 heterocycles. The van der Waals surface area contributed by atoms with Crippen molar-refractivity contribution >= 4 is 11.6 Å². The highest BCUT2D eigenvalue weighted by molar-refractivity contribution is 6.30. The van der Waals surface area contributed by atoms with E-state index in [2.05, 4.69) is 5.32 Å². The minimum absolute atomic E-state index is 0.0567. The average Bonchev–Trinajstić information content (AvgIpc) is 2.91. The van der Waals surface area contributed by atoms with Crippen LogP contribution in [0.25, 0.3) is 11.3 Å². The smallest absolute Gasteiger partial charge is 0.134 e. The fraction of sp³-hybridized carbons (Fsp3) is 0.333. The van der Waals surface area contributed by atoms with Gasteiger partial charge in [0.2, 0.25) is 0 Å². The monoisotopic (exact) mass is 295 g/mol. The van der Waals surface area contributed by atoms with Crippen molar-refractivity contribution in [1.29, 1.82) is 0 Å². The summed E-state index contributed by atoms with van der Waals surface area (Å²) < 4.78 is 10.9. The summed E-state index contributed by atoms with van der Waals surface area (Å²) >= 11 is 5.96. The Morgan fingerprint density at radius 3 is 2.90 bits per heavy atom. The molecular formula is C15H18ClNO3. The molecule has 0 spiro atoms. The Kier molecular flexibility index (Phi) is 6.08. The number of benzene rings is 1. The van der Waals surface area contributed by atoms with Gasteiger partial charge in [0.25, 0.3) is 0 Å². The van der Waals surface area contributed by atoms with Gasteiger partial charge in [0.1, 0.15) is 11.5 Å². The van der Waals surface area contributed by atoms with E-state index in [4.69, 9.17) is 25.9 Å². The number of furan rings is 1. The molecule has 4 nitrogen and oxygen atoms in total. The SMILES string of the molecule is OCCOCCNCc1ccc(-c2cccc(Cl)c2)o1. The van der Waals surface area contributed by atoms with Gasteiger partial charge in [-0.3, -0.25) is 0 Å². The maximum atomic E-state index is 8.56. The molecule has 0 radical (unpaired) electrons. The standard InChI is InChI=1S/C15H18ClNO3/c16-13-3-1-2-12(10-13)15-5-4-14(20-15)11-17-6-8-19-9-7-18/h1-5,10,17-18H,6-9,11H2. The van der Waals surface area contributed by atoms with E-state index in [0.717, 1.165) is 17.1 Å². The summed E-state index contributed by atoms with van der Waals surface area (Å²) in [5.41, 5.74) is 0.968. The second-order valence-electron chi connectivity index (χ2n) is 4.29. The Balaban J connectivity index is 1.80. The first-order valence-electron chi connectivity index (χ1n) is 6.53. The molecule has 0 fully saturated rings. The molecule has 0 saturated carbocycles. The number of aliphatic hydroxyl groups is 1. The Hall–Kier alpha value is -1.33. The van der Waals surface area contributed by atoms with Gasteiger partial charge in [0.05, 0.1) is 26.4 Å². The normalized spacial score (nSPS) is 10.9. The Bertz CT molecular complexity index is 527. The highest BCUT2D eigenvalue weighted by Gasteiger charge is 2.04. The lowest BCUT2D eigenvalue weighted by molar-refractivity contribution is 0.0936. The summed E-state index contributed by atoms with van der Waals surface area (Å²) in [5, 5.41) is 12.5. The van der Waals surface area contributed by atoms with Crippen molar-refractivity contribution in [3.63, 3.8) is 0 Å². The number of nitrogens with one attached hydrogen (secondary N) is 1. The van der Waals surface area contributed by atoms with Crippen LogP contribution in [0.5, 0.6) is 0 Å². The molecule has 1 aromatic carbocycles. The molecule has 0 bridgehead atoms. The Morgan fingerprint density at radius 1 is 1.20 bits per heavy atom. The lowest BCUT2D eigenvalue weighted by atomic mass is 10.2. The van der Waals surface area contributed by atoms with Crippen molar-refractivity contribution in [3.05, 3.63) is 47.2 Å². The number of hydrogen-bond donors (Lipinski definition) is 2. The van der Waals surface area contributed by atoms with Crippen LogP contribution in [0.3, 0.4) is 0 Å². The number of hydrogen-bond acceptors (Lipinski definition) is 4. The molecule has 0 amide bonds. The second-order valence-corrected chi connectivity index (χ2v) is 4.73. The summed E-state index contributed by atoms with van der Waals surface area (Å²) in [6.45, 7) is 2.36. The average molecular weight is 296 g/mol. The lowest BCUT2D eigenvalue weighted by Crippen LogP contribution is -2.19. The van der Waals surface area contributed by atoms with Crippen molar-refractivity contribution in [1.82, 2.24) is 5.32 Å². The molecule has 2 aromatic rings. The summed E-state index contributed by atoms with van der Waals surface area (Å²) in [6.07, 6.45) is 0. The lowest BCUT2D eigenvalue weighted by Gasteiger charge is -2.03. The zero-order valence-electron chi connectivity index (χ0n) is 11.1. The molecule has 0 aliphatic heterocycles. The molecule has 20 heavy (non-hydrogen) atoms. The van der Waals surface area contributed by atoms with E-state index in [0.29, 0.717) is 31.3 Å². The molecule has 2 N–H and O–H groups in total. The first kappa shape index (κ1) is 15.1. The Morgan fingerprint density at radius 2 is 2.10 bits per heavy atom. The maximum absolute atomic E-state index is 8.56. The number of halogens is 1. The van der Waals surface area contributed by atoms with Crippen LogP contribution >= 0.6 is 11.6 Å². The zero-order chi connectivity index (χ0) is 14.2. The molecule has 2 rings (SSSR count). The third-order valence-electron chi connectivity index (χ3n) is 2.73. The first-order chi connectivity index (χ1) is 9.79. The van der Waals surface area contributed by atoms with Gasteiger partial charge >= 0.3 is 0 Å². The van der Waals surface area contributed by atoms with Crippen LogP contribution in [0.4, 0.5) is 0 Å². The largest absolute Gasteiger partial charge is 0.460 e. The van der Waals surface area contributed by atoms with E-state index < -0.39 is 0 Å². The van der Waals surface area contributed by atoms with E-state index in [1.54, 1.807) is 0 Å². The first-order valence-corrected chi connectivity index (χ1v) is 6.91. The zero-order valence-corrected chi connectivity index (χ0v) is 11.9. The minimum atomic E-state index is 0.0567. The molecule has 1 aromatic heterocycles. The highest BCUT2D eigenvalue weighted by Crippen LogP contribution is 2.24. The van der Waals surface area contributed by atoms with E-state index in [-0.39, 0.29) is 6.61 Å². The van der Waals surface area contributed by atoms with Crippen LogP contribution in [0.2, 0.25) is 5.02 Å². The van der Waals surface area contributed by atoms with E-state index in [1.165, 1.54) is 0 Å². The molecule has 0 saturated heterocycles. The third kappa shape index (κ3) is 4.65.